The molecular weight excluding hydrogens is 178 g/mol. The van der Waals surface area contributed by atoms with Crippen molar-refractivity contribution in [2.24, 2.45) is 0 Å². The van der Waals surface area contributed by atoms with Crippen LogP contribution < -0.4 is 5.73 Å². The van der Waals surface area contributed by atoms with E-state index in [2.05, 4.69) is 32.2 Å². The zero-order valence-corrected chi connectivity index (χ0v) is 9.37. The van der Waals surface area contributed by atoms with Crippen LogP contribution in [0.3, 0.4) is 0 Å². The lowest BCUT2D eigenvalue weighted by molar-refractivity contribution is 1.000. The molecule has 0 aromatic heterocycles. The SMILES string of the molecule is CCc1cc(N)cc(SC)c1CC. The van der Waals surface area contributed by atoms with Gasteiger partial charge in [-0.05, 0) is 42.4 Å². The summed E-state index contributed by atoms with van der Waals surface area (Å²) in [7, 11) is 0. The van der Waals surface area contributed by atoms with Crippen LogP contribution in [0.5, 0.6) is 0 Å². The van der Waals surface area contributed by atoms with Crippen LogP contribution in [0.25, 0.3) is 0 Å². The molecule has 1 aromatic carbocycles. The first-order chi connectivity index (χ1) is 6.22. The summed E-state index contributed by atoms with van der Waals surface area (Å²) < 4.78 is 0. The summed E-state index contributed by atoms with van der Waals surface area (Å²) in [5, 5.41) is 0. The zero-order chi connectivity index (χ0) is 9.84. The maximum Gasteiger partial charge on any atom is 0.0328 e. The normalized spacial score (nSPS) is 10.4. The number of aryl methyl sites for hydroxylation is 1. The van der Waals surface area contributed by atoms with E-state index in [1.807, 2.05) is 0 Å². The van der Waals surface area contributed by atoms with E-state index in [9.17, 15) is 0 Å². The molecule has 0 fully saturated rings. The zero-order valence-electron chi connectivity index (χ0n) is 8.55. The predicted molar refractivity (Wildman–Crippen MR) is 61.4 cm³/mol. The molecule has 0 amide bonds. The molecule has 0 bridgehead atoms. The minimum atomic E-state index is 0.887. The average Bonchev–Trinajstić information content (AvgIpc) is 2.16. The standard InChI is InChI=1S/C11H17NS/c1-4-8-6-9(12)7-11(13-3)10(8)5-2/h6-7H,4-5,12H2,1-3H3. The third-order valence-electron chi connectivity index (χ3n) is 2.28. The smallest absolute Gasteiger partial charge is 0.0328 e. The molecule has 1 aromatic rings. The fraction of sp³-hybridized carbons (Fsp3) is 0.455. The maximum absolute atomic E-state index is 5.82. The lowest BCUT2D eigenvalue weighted by Crippen LogP contribution is -1.97. The summed E-state index contributed by atoms with van der Waals surface area (Å²) in [4.78, 5) is 1.33. The van der Waals surface area contributed by atoms with Gasteiger partial charge in [0.1, 0.15) is 0 Å². The molecule has 2 heteroatoms. The summed E-state index contributed by atoms with van der Waals surface area (Å²) in [6, 6.07) is 4.17. The Morgan fingerprint density at radius 3 is 2.38 bits per heavy atom. The van der Waals surface area contributed by atoms with Crippen molar-refractivity contribution in [3.8, 4) is 0 Å². The molecule has 1 rings (SSSR count). The molecular formula is C11H17NS. The van der Waals surface area contributed by atoms with Gasteiger partial charge < -0.3 is 5.73 Å². The molecule has 2 N–H and O–H groups in total. The molecule has 1 nitrogen and oxygen atoms in total. The molecule has 0 saturated carbocycles. The van der Waals surface area contributed by atoms with Crippen LogP contribution in [0, 0.1) is 0 Å². The number of rotatable bonds is 3. The van der Waals surface area contributed by atoms with E-state index in [1.54, 1.807) is 11.8 Å². The monoisotopic (exact) mass is 195 g/mol. The second-order valence-corrected chi connectivity index (χ2v) is 3.92. The molecule has 0 aliphatic rings. The first-order valence-corrected chi connectivity index (χ1v) is 5.90. The Morgan fingerprint density at radius 1 is 1.23 bits per heavy atom. The number of benzene rings is 1. The predicted octanol–water partition coefficient (Wildman–Crippen LogP) is 3.12. The van der Waals surface area contributed by atoms with Gasteiger partial charge >= 0.3 is 0 Å². The van der Waals surface area contributed by atoms with E-state index in [0.29, 0.717) is 0 Å². The average molecular weight is 195 g/mol. The maximum atomic E-state index is 5.82. The van der Waals surface area contributed by atoms with Gasteiger partial charge in [-0.3, -0.25) is 0 Å². The van der Waals surface area contributed by atoms with Crippen molar-refractivity contribution in [1.82, 2.24) is 0 Å². The molecule has 0 aliphatic heterocycles. The van der Waals surface area contributed by atoms with Crippen LogP contribution >= 0.6 is 11.8 Å². The number of anilines is 1. The van der Waals surface area contributed by atoms with E-state index in [4.69, 9.17) is 5.73 Å². The van der Waals surface area contributed by atoms with E-state index < -0.39 is 0 Å². The third-order valence-corrected chi connectivity index (χ3v) is 3.08. The molecule has 72 valence electrons. The van der Waals surface area contributed by atoms with Gasteiger partial charge in [0.2, 0.25) is 0 Å². The lowest BCUT2D eigenvalue weighted by atomic mass is 10.0. The number of nitrogen functional groups attached to an aromatic ring is 1. The summed E-state index contributed by atoms with van der Waals surface area (Å²) in [5.74, 6) is 0. The van der Waals surface area contributed by atoms with Crippen molar-refractivity contribution in [3.63, 3.8) is 0 Å². The Hall–Kier alpha value is -0.630. The fourth-order valence-corrected chi connectivity index (χ4v) is 2.40. The van der Waals surface area contributed by atoms with E-state index in [0.717, 1.165) is 18.5 Å². The quantitative estimate of drug-likeness (QED) is 0.592. The van der Waals surface area contributed by atoms with Crippen molar-refractivity contribution in [3.05, 3.63) is 23.3 Å². The first-order valence-electron chi connectivity index (χ1n) is 4.68. The molecule has 0 saturated heterocycles. The van der Waals surface area contributed by atoms with Gasteiger partial charge in [-0.25, -0.2) is 0 Å². The fourth-order valence-electron chi connectivity index (χ4n) is 1.63. The Morgan fingerprint density at radius 2 is 1.92 bits per heavy atom. The number of thioether (sulfide) groups is 1. The number of hydrogen-bond donors (Lipinski definition) is 1. The van der Waals surface area contributed by atoms with Crippen molar-refractivity contribution < 1.29 is 0 Å². The van der Waals surface area contributed by atoms with Crippen molar-refractivity contribution in [2.45, 2.75) is 31.6 Å². The van der Waals surface area contributed by atoms with Gasteiger partial charge in [0.05, 0.1) is 0 Å². The summed E-state index contributed by atoms with van der Waals surface area (Å²) in [6.07, 6.45) is 4.27. The van der Waals surface area contributed by atoms with Gasteiger partial charge in [0, 0.05) is 10.6 Å². The van der Waals surface area contributed by atoms with Crippen LogP contribution in [-0.2, 0) is 12.8 Å². The number of hydrogen-bond acceptors (Lipinski definition) is 2. The summed E-state index contributed by atoms with van der Waals surface area (Å²) >= 11 is 1.78. The first kappa shape index (κ1) is 10.5. The minimum Gasteiger partial charge on any atom is -0.399 e. The molecule has 0 heterocycles. The highest BCUT2D eigenvalue weighted by Crippen LogP contribution is 2.27. The highest BCUT2D eigenvalue weighted by molar-refractivity contribution is 7.98. The minimum absolute atomic E-state index is 0.887. The van der Waals surface area contributed by atoms with Crippen LogP contribution in [-0.4, -0.2) is 6.26 Å². The van der Waals surface area contributed by atoms with Gasteiger partial charge in [0.15, 0.2) is 0 Å². The summed E-state index contributed by atoms with van der Waals surface area (Å²) in [5.41, 5.74) is 9.57. The third kappa shape index (κ3) is 2.19. The molecule has 0 atom stereocenters. The number of nitrogens with two attached hydrogens (primary N) is 1. The van der Waals surface area contributed by atoms with Gasteiger partial charge in [-0.2, -0.15) is 0 Å². The van der Waals surface area contributed by atoms with Crippen molar-refractivity contribution >= 4 is 17.4 Å². The Balaban J connectivity index is 3.25. The van der Waals surface area contributed by atoms with E-state index in [-0.39, 0.29) is 0 Å². The molecule has 0 radical (unpaired) electrons. The van der Waals surface area contributed by atoms with Crippen LogP contribution in [0.4, 0.5) is 5.69 Å². The summed E-state index contributed by atoms with van der Waals surface area (Å²) in [6.45, 7) is 4.38. The van der Waals surface area contributed by atoms with Gasteiger partial charge in [-0.1, -0.05) is 13.8 Å². The topological polar surface area (TPSA) is 26.0 Å². The van der Waals surface area contributed by atoms with Crippen LogP contribution in [0.2, 0.25) is 0 Å². The van der Waals surface area contributed by atoms with Crippen LogP contribution in [0.1, 0.15) is 25.0 Å². The van der Waals surface area contributed by atoms with Crippen molar-refractivity contribution in [1.29, 1.82) is 0 Å². The van der Waals surface area contributed by atoms with E-state index in [1.165, 1.54) is 16.0 Å². The molecule has 13 heavy (non-hydrogen) atoms. The lowest BCUT2D eigenvalue weighted by Gasteiger charge is -2.11. The van der Waals surface area contributed by atoms with Gasteiger partial charge in [-0.15, -0.1) is 11.8 Å². The second-order valence-electron chi connectivity index (χ2n) is 3.07. The highest BCUT2D eigenvalue weighted by Gasteiger charge is 2.05. The molecule has 0 aliphatic carbocycles. The molecule has 0 unspecified atom stereocenters. The Labute approximate surface area is 84.7 Å². The molecule has 0 spiro atoms. The Bertz CT molecular complexity index is 269. The van der Waals surface area contributed by atoms with Crippen LogP contribution in [0.15, 0.2) is 17.0 Å². The van der Waals surface area contributed by atoms with Gasteiger partial charge in [0.25, 0.3) is 0 Å². The largest absolute Gasteiger partial charge is 0.399 e. The second kappa shape index (κ2) is 4.56. The van der Waals surface area contributed by atoms with Crippen molar-refractivity contribution in [2.75, 3.05) is 12.0 Å². The highest BCUT2D eigenvalue weighted by atomic mass is 32.2. The Kier molecular flexibility index (Phi) is 3.67. The van der Waals surface area contributed by atoms with E-state index >= 15 is 0 Å².